The van der Waals surface area contributed by atoms with Gasteiger partial charge in [0.25, 0.3) is 0 Å². The van der Waals surface area contributed by atoms with Crippen LogP contribution in [0, 0.1) is 0 Å². The van der Waals surface area contributed by atoms with E-state index in [0.29, 0.717) is 18.1 Å². The topological polar surface area (TPSA) is 97.4 Å². The van der Waals surface area contributed by atoms with Gasteiger partial charge < -0.3 is 14.3 Å². The average Bonchev–Trinajstić information content (AvgIpc) is 3.03. The van der Waals surface area contributed by atoms with Gasteiger partial charge in [-0.15, -0.1) is 0 Å². The molecular weight excluding hydrogens is 362 g/mol. The van der Waals surface area contributed by atoms with E-state index in [9.17, 15) is 8.42 Å². The molecule has 9 heteroatoms. The maximum absolute atomic E-state index is 12.2. The predicted molar refractivity (Wildman–Crippen MR) is 78.9 cm³/mol. The Bertz CT molecular complexity index is 679. The number of aromatic nitrogens is 1. The van der Waals surface area contributed by atoms with Gasteiger partial charge in [-0.25, -0.2) is 13.1 Å². The molecule has 2 aromatic heterocycles. The van der Waals surface area contributed by atoms with E-state index < -0.39 is 10.0 Å². The minimum atomic E-state index is -3.69. The molecule has 2 rings (SSSR count). The molecule has 0 amide bonds. The lowest BCUT2D eigenvalue weighted by molar-refractivity contribution is 0.380. The van der Waals surface area contributed by atoms with E-state index in [2.05, 4.69) is 31.1 Å². The Kier molecular flexibility index (Phi) is 5.20. The number of hydrogen-bond donors (Lipinski definition) is 2. The Balaban J connectivity index is 2.08. The number of halogens is 1. The van der Waals surface area contributed by atoms with Gasteiger partial charge in [-0.3, -0.25) is 0 Å². The number of rotatable bonds is 7. The highest BCUT2D eigenvalue weighted by Gasteiger charge is 2.22. The standard InChI is InChI=1S/C12H16BrN3O4S/c1-8(2)14-6-10-5-11(12(13)19-10)21(17,18)16-7-9-3-4-15-20-9/h3-5,8,14,16H,6-7H2,1-2H3. The molecule has 2 aromatic rings. The summed E-state index contributed by atoms with van der Waals surface area (Å²) in [5.74, 6) is 0.968. The van der Waals surface area contributed by atoms with E-state index in [0.717, 1.165) is 0 Å². The molecule has 116 valence electrons. The Hall–Kier alpha value is -1.16. The third kappa shape index (κ3) is 4.40. The lowest BCUT2D eigenvalue weighted by atomic mass is 10.3. The van der Waals surface area contributed by atoms with Crippen LogP contribution in [0.1, 0.15) is 25.4 Å². The van der Waals surface area contributed by atoms with Crippen molar-refractivity contribution in [1.82, 2.24) is 15.2 Å². The molecule has 0 aliphatic carbocycles. The maximum atomic E-state index is 12.2. The van der Waals surface area contributed by atoms with Crippen LogP contribution in [0.25, 0.3) is 0 Å². The van der Waals surface area contributed by atoms with Crippen LogP contribution in [0.2, 0.25) is 0 Å². The fourth-order valence-electron chi connectivity index (χ4n) is 1.55. The normalized spacial score (nSPS) is 12.2. The number of furan rings is 1. The summed E-state index contributed by atoms with van der Waals surface area (Å²) in [5.41, 5.74) is 0. The van der Waals surface area contributed by atoms with Crippen LogP contribution in [-0.2, 0) is 23.1 Å². The molecule has 0 spiro atoms. The van der Waals surface area contributed by atoms with E-state index in [1.54, 1.807) is 6.07 Å². The first-order valence-electron chi connectivity index (χ1n) is 6.29. The Labute approximate surface area is 131 Å². The SMILES string of the molecule is CC(C)NCc1cc(S(=O)(=O)NCc2ccno2)c(Br)o1. The van der Waals surface area contributed by atoms with Gasteiger partial charge in [-0.1, -0.05) is 19.0 Å². The van der Waals surface area contributed by atoms with Gasteiger partial charge in [-0.05, 0) is 15.9 Å². The van der Waals surface area contributed by atoms with Crippen LogP contribution in [-0.4, -0.2) is 19.6 Å². The molecule has 0 atom stereocenters. The second-order valence-corrected chi connectivity index (χ2v) is 7.15. The van der Waals surface area contributed by atoms with Crippen LogP contribution in [0.5, 0.6) is 0 Å². The van der Waals surface area contributed by atoms with Crippen LogP contribution in [0.3, 0.4) is 0 Å². The zero-order valence-corrected chi connectivity index (χ0v) is 14.0. The quantitative estimate of drug-likeness (QED) is 0.765. The lowest BCUT2D eigenvalue weighted by Crippen LogP contribution is -2.23. The van der Waals surface area contributed by atoms with Crippen molar-refractivity contribution in [3.63, 3.8) is 0 Å². The first-order valence-corrected chi connectivity index (χ1v) is 8.57. The molecule has 0 bridgehead atoms. The minimum absolute atomic E-state index is 0.0273. The zero-order chi connectivity index (χ0) is 15.5. The molecule has 7 nitrogen and oxygen atoms in total. The molecule has 0 saturated heterocycles. The van der Waals surface area contributed by atoms with Crippen LogP contribution in [0.15, 0.2) is 36.8 Å². The Morgan fingerprint density at radius 3 is 2.71 bits per heavy atom. The third-order valence-corrected chi connectivity index (χ3v) is 4.87. The van der Waals surface area contributed by atoms with Gasteiger partial charge in [0, 0.05) is 18.2 Å². The zero-order valence-electron chi connectivity index (χ0n) is 11.6. The maximum Gasteiger partial charge on any atom is 0.245 e. The monoisotopic (exact) mass is 377 g/mol. The molecule has 2 N–H and O–H groups in total. The highest BCUT2D eigenvalue weighted by Crippen LogP contribution is 2.26. The van der Waals surface area contributed by atoms with Crippen molar-refractivity contribution in [1.29, 1.82) is 0 Å². The fourth-order valence-corrected chi connectivity index (χ4v) is 3.54. The van der Waals surface area contributed by atoms with Crippen molar-refractivity contribution in [2.45, 2.75) is 37.9 Å². The summed E-state index contributed by atoms with van der Waals surface area (Å²) in [7, 11) is -3.69. The molecular formula is C12H16BrN3O4S. The molecule has 0 saturated carbocycles. The molecule has 2 heterocycles. The summed E-state index contributed by atoms with van der Waals surface area (Å²) in [6, 6.07) is 3.35. The van der Waals surface area contributed by atoms with Crippen molar-refractivity contribution in [3.05, 3.63) is 34.5 Å². The Morgan fingerprint density at radius 1 is 1.33 bits per heavy atom. The fraction of sp³-hybridized carbons (Fsp3) is 0.417. The van der Waals surface area contributed by atoms with E-state index in [-0.39, 0.29) is 22.2 Å². The summed E-state index contributed by atoms with van der Waals surface area (Å²) in [6.07, 6.45) is 1.45. The average molecular weight is 378 g/mol. The molecule has 0 radical (unpaired) electrons. The second-order valence-electron chi connectivity index (χ2n) is 4.69. The molecule has 0 aliphatic heterocycles. The molecule has 21 heavy (non-hydrogen) atoms. The van der Waals surface area contributed by atoms with Crippen molar-refractivity contribution < 1.29 is 17.4 Å². The van der Waals surface area contributed by atoms with Gasteiger partial charge in [0.2, 0.25) is 10.0 Å². The van der Waals surface area contributed by atoms with Crippen LogP contribution in [0.4, 0.5) is 0 Å². The van der Waals surface area contributed by atoms with E-state index in [1.165, 1.54) is 12.3 Å². The van der Waals surface area contributed by atoms with Crippen molar-refractivity contribution >= 4 is 26.0 Å². The van der Waals surface area contributed by atoms with Crippen LogP contribution >= 0.6 is 15.9 Å². The highest BCUT2D eigenvalue weighted by atomic mass is 79.9. The van der Waals surface area contributed by atoms with Crippen LogP contribution < -0.4 is 10.0 Å². The first kappa shape index (κ1) is 16.2. The minimum Gasteiger partial charge on any atom is -0.452 e. The number of sulfonamides is 1. The summed E-state index contributed by atoms with van der Waals surface area (Å²) in [5, 5.41) is 6.67. The number of nitrogens with one attached hydrogen (secondary N) is 2. The summed E-state index contributed by atoms with van der Waals surface area (Å²) < 4.78 is 37.3. The van der Waals surface area contributed by atoms with Crippen molar-refractivity contribution in [2.24, 2.45) is 0 Å². The molecule has 0 aliphatic rings. The van der Waals surface area contributed by atoms with Crippen molar-refractivity contribution in [3.8, 4) is 0 Å². The molecule has 0 aromatic carbocycles. The third-order valence-electron chi connectivity index (χ3n) is 2.61. The second kappa shape index (κ2) is 6.73. The first-order chi connectivity index (χ1) is 9.88. The summed E-state index contributed by atoms with van der Waals surface area (Å²) >= 11 is 3.13. The van der Waals surface area contributed by atoms with Gasteiger partial charge >= 0.3 is 0 Å². The number of nitrogens with zero attached hydrogens (tertiary/aromatic N) is 1. The molecule has 0 fully saturated rings. The van der Waals surface area contributed by atoms with E-state index >= 15 is 0 Å². The number of hydrogen-bond acceptors (Lipinski definition) is 6. The van der Waals surface area contributed by atoms with Gasteiger partial charge in [0.1, 0.15) is 10.7 Å². The van der Waals surface area contributed by atoms with Gasteiger partial charge in [0.05, 0.1) is 19.3 Å². The van der Waals surface area contributed by atoms with Crippen molar-refractivity contribution in [2.75, 3.05) is 0 Å². The van der Waals surface area contributed by atoms with Gasteiger partial charge in [-0.2, -0.15) is 0 Å². The molecule has 0 unspecified atom stereocenters. The lowest BCUT2D eigenvalue weighted by Gasteiger charge is -2.04. The highest BCUT2D eigenvalue weighted by molar-refractivity contribution is 9.10. The van der Waals surface area contributed by atoms with E-state index in [4.69, 9.17) is 8.94 Å². The van der Waals surface area contributed by atoms with Gasteiger partial charge in [0.15, 0.2) is 10.4 Å². The smallest absolute Gasteiger partial charge is 0.245 e. The van der Waals surface area contributed by atoms with E-state index in [1.807, 2.05) is 13.8 Å². The summed E-state index contributed by atoms with van der Waals surface area (Å²) in [4.78, 5) is 0.0579. The predicted octanol–water partition coefficient (Wildman–Crippen LogP) is 2.01. The Morgan fingerprint density at radius 2 is 2.10 bits per heavy atom. The largest absolute Gasteiger partial charge is 0.452 e. The summed E-state index contributed by atoms with van der Waals surface area (Å²) in [6.45, 7) is 4.47.